The number of hydrogen-bond donors (Lipinski definition) is 3. The molecule has 0 radical (unpaired) electrons. The van der Waals surface area contributed by atoms with Crippen molar-refractivity contribution in [1.82, 2.24) is 10.6 Å². The summed E-state index contributed by atoms with van der Waals surface area (Å²) in [5, 5.41) is 14.7. The van der Waals surface area contributed by atoms with Crippen LogP contribution >= 0.6 is 0 Å². The molecule has 2 rings (SSSR count). The summed E-state index contributed by atoms with van der Waals surface area (Å²) in [6.07, 6.45) is 0.849. The van der Waals surface area contributed by atoms with Crippen molar-refractivity contribution in [2.24, 2.45) is 5.92 Å². The minimum atomic E-state index is -0.867. The highest BCUT2D eigenvalue weighted by Gasteiger charge is 2.30. The summed E-state index contributed by atoms with van der Waals surface area (Å²) < 4.78 is 5.25. The lowest BCUT2D eigenvalue weighted by Gasteiger charge is -2.26. The van der Waals surface area contributed by atoms with Crippen molar-refractivity contribution in [3.05, 3.63) is 71.8 Å². The number of aryl methyl sites for hydroxylation is 1. The zero-order valence-electron chi connectivity index (χ0n) is 18.6. The molecule has 0 aliphatic rings. The lowest BCUT2D eigenvalue weighted by Crippen LogP contribution is -2.54. The first kappa shape index (κ1) is 25.1. The zero-order chi connectivity index (χ0) is 23.3. The second-order valence-corrected chi connectivity index (χ2v) is 7.78. The molecule has 0 saturated heterocycles. The number of nitrogens with one attached hydrogen (secondary N) is 2. The molecule has 2 aromatic rings. The Kier molecular flexibility index (Phi) is 10.4. The lowest BCUT2D eigenvalue weighted by atomic mass is 9.97. The number of Topliss-reactive ketones (excluding diaryl/α,β-unsaturated/α-hetero) is 1. The summed E-state index contributed by atoms with van der Waals surface area (Å²) in [5.41, 5.74) is 1.86. The van der Waals surface area contributed by atoms with Crippen LogP contribution in [0.25, 0.3) is 0 Å². The molecule has 172 valence electrons. The molecule has 0 aromatic heterocycles. The van der Waals surface area contributed by atoms with Gasteiger partial charge in [-0.3, -0.25) is 9.59 Å². The second kappa shape index (κ2) is 13.3. The summed E-state index contributed by atoms with van der Waals surface area (Å²) in [7, 11) is 0. The standard InChI is InChI=1S/C25H32N2O5/c1-3-18(2)23(27-25(31)32-17-20-12-8-5-9-13-20)24(30)26-21(22(29)16-28)15-14-19-10-6-4-7-11-19/h4-13,18,21,23,28H,3,14-17H2,1-2H3,(H,26,30)(H,27,31)/t18?,21-,23-/m0/s1. The van der Waals surface area contributed by atoms with Gasteiger partial charge in [0.15, 0.2) is 5.78 Å². The summed E-state index contributed by atoms with van der Waals surface area (Å²) in [5.74, 6) is -1.13. The van der Waals surface area contributed by atoms with Gasteiger partial charge in [0.05, 0.1) is 6.04 Å². The van der Waals surface area contributed by atoms with Crippen LogP contribution in [-0.2, 0) is 27.4 Å². The van der Waals surface area contributed by atoms with Crippen LogP contribution in [0.5, 0.6) is 0 Å². The summed E-state index contributed by atoms with van der Waals surface area (Å²) in [6, 6.07) is 17.1. The molecule has 0 aliphatic heterocycles. The molecule has 0 bridgehead atoms. The molecule has 7 nitrogen and oxygen atoms in total. The number of carbonyl (C=O) groups is 3. The summed E-state index contributed by atoms with van der Waals surface area (Å²) in [4.78, 5) is 37.5. The van der Waals surface area contributed by atoms with E-state index in [0.29, 0.717) is 19.3 Å². The Morgan fingerprint density at radius 2 is 1.53 bits per heavy atom. The van der Waals surface area contributed by atoms with E-state index in [9.17, 15) is 19.5 Å². The van der Waals surface area contributed by atoms with Gasteiger partial charge in [-0.15, -0.1) is 0 Å². The minimum Gasteiger partial charge on any atom is -0.445 e. The summed E-state index contributed by atoms with van der Waals surface area (Å²) >= 11 is 0. The number of ketones is 1. The molecule has 0 fully saturated rings. The van der Waals surface area contributed by atoms with Crippen LogP contribution in [-0.4, -0.2) is 41.6 Å². The van der Waals surface area contributed by atoms with Gasteiger partial charge in [-0.05, 0) is 29.9 Å². The first-order valence-corrected chi connectivity index (χ1v) is 10.9. The first-order chi connectivity index (χ1) is 15.4. The molecule has 3 atom stereocenters. The Balaban J connectivity index is 1.99. The number of aliphatic hydroxyl groups excluding tert-OH is 1. The van der Waals surface area contributed by atoms with E-state index in [1.165, 1.54) is 0 Å². The van der Waals surface area contributed by atoms with Gasteiger partial charge in [0.25, 0.3) is 0 Å². The van der Waals surface area contributed by atoms with E-state index in [2.05, 4.69) is 10.6 Å². The van der Waals surface area contributed by atoms with E-state index in [1.807, 2.05) is 74.5 Å². The smallest absolute Gasteiger partial charge is 0.408 e. The molecular formula is C25H32N2O5. The molecule has 7 heteroatoms. The highest BCUT2D eigenvalue weighted by molar-refractivity contribution is 5.92. The van der Waals surface area contributed by atoms with Crippen LogP contribution in [0.2, 0.25) is 0 Å². The Bertz CT molecular complexity index is 857. The third kappa shape index (κ3) is 8.15. The number of carbonyl (C=O) groups excluding carboxylic acids is 3. The van der Waals surface area contributed by atoms with E-state index in [0.717, 1.165) is 11.1 Å². The fraction of sp³-hybridized carbons (Fsp3) is 0.400. The van der Waals surface area contributed by atoms with Crippen LogP contribution in [0.1, 0.15) is 37.8 Å². The zero-order valence-corrected chi connectivity index (χ0v) is 18.6. The van der Waals surface area contributed by atoms with Crippen LogP contribution in [0, 0.1) is 5.92 Å². The van der Waals surface area contributed by atoms with Crippen LogP contribution in [0.15, 0.2) is 60.7 Å². The molecule has 1 unspecified atom stereocenters. The molecule has 0 aliphatic carbocycles. The maximum Gasteiger partial charge on any atom is 0.408 e. The molecule has 0 saturated carbocycles. The fourth-order valence-corrected chi connectivity index (χ4v) is 3.23. The molecule has 32 heavy (non-hydrogen) atoms. The fourth-order valence-electron chi connectivity index (χ4n) is 3.23. The van der Waals surface area contributed by atoms with E-state index in [1.54, 1.807) is 0 Å². The monoisotopic (exact) mass is 440 g/mol. The Morgan fingerprint density at radius 1 is 0.938 bits per heavy atom. The van der Waals surface area contributed by atoms with Crippen molar-refractivity contribution in [3.8, 4) is 0 Å². The lowest BCUT2D eigenvalue weighted by molar-refractivity contribution is -0.131. The maximum absolute atomic E-state index is 13.0. The second-order valence-electron chi connectivity index (χ2n) is 7.78. The molecule has 3 N–H and O–H groups in total. The van der Waals surface area contributed by atoms with Gasteiger partial charge in [0, 0.05) is 0 Å². The van der Waals surface area contributed by atoms with Gasteiger partial charge in [0.2, 0.25) is 5.91 Å². The summed E-state index contributed by atoms with van der Waals surface area (Å²) in [6.45, 7) is 3.17. The molecule has 2 amide bonds. The van der Waals surface area contributed by atoms with Crippen LogP contribution in [0.4, 0.5) is 4.79 Å². The van der Waals surface area contributed by atoms with Crippen LogP contribution in [0.3, 0.4) is 0 Å². The number of hydrogen-bond acceptors (Lipinski definition) is 5. The Morgan fingerprint density at radius 3 is 2.09 bits per heavy atom. The highest BCUT2D eigenvalue weighted by atomic mass is 16.5. The SMILES string of the molecule is CCC(C)[C@H](NC(=O)OCc1ccccc1)C(=O)N[C@@H](CCc1ccccc1)C(=O)CO. The van der Waals surface area contributed by atoms with Gasteiger partial charge in [0.1, 0.15) is 19.3 Å². The number of amides is 2. The van der Waals surface area contributed by atoms with Crippen molar-refractivity contribution in [1.29, 1.82) is 0 Å². The topological polar surface area (TPSA) is 105 Å². The average molecular weight is 441 g/mol. The van der Waals surface area contributed by atoms with Crippen molar-refractivity contribution in [2.45, 2.75) is 51.8 Å². The maximum atomic E-state index is 13.0. The number of rotatable bonds is 12. The normalized spacial score (nSPS) is 13.5. The molecular weight excluding hydrogens is 408 g/mol. The minimum absolute atomic E-state index is 0.0875. The van der Waals surface area contributed by atoms with E-state index in [-0.39, 0.29) is 12.5 Å². The van der Waals surface area contributed by atoms with E-state index < -0.39 is 36.5 Å². The van der Waals surface area contributed by atoms with Gasteiger partial charge in [-0.2, -0.15) is 0 Å². The van der Waals surface area contributed by atoms with Crippen molar-refractivity contribution in [2.75, 3.05) is 6.61 Å². The largest absolute Gasteiger partial charge is 0.445 e. The van der Waals surface area contributed by atoms with Gasteiger partial charge >= 0.3 is 6.09 Å². The van der Waals surface area contributed by atoms with Gasteiger partial charge < -0.3 is 20.5 Å². The predicted octanol–water partition coefficient (Wildman–Crippen LogP) is 3.01. The Hall–Kier alpha value is -3.19. The third-order valence-electron chi connectivity index (χ3n) is 5.41. The molecule has 0 heterocycles. The third-order valence-corrected chi connectivity index (χ3v) is 5.41. The van der Waals surface area contributed by atoms with Crippen LogP contribution < -0.4 is 10.6 Å². The number of ether oxygens (including phenoxy) is 1. The first-order valence-electron chi connectivity index (χ1n) is 10.9. The van der Waals surface area contributed by atoms with E-state index >= 15 is 0 Å². The molecule has 2 aromatic carbocycles. The van der Waals surface area contributed by atoms with Crippen molar-refractivity contribution in [3.63, 3.8) is 0 Å². The van der Waals surface area contributed by atoms with Crippen molar-refractivity contribution >= 4 is 17.8 Å². The average Bonchev–Trinajstić information content (AvgIpc) is 2.83. The molecule has 0 spiro atoms. The van der Waals surface area contributed by atoms with Gasteiger partial charge in [-0.25, -0.2) is 4.79 Å². The van der Waals surface area contributed by atoms with Gasteiger partial charge in [-0.1, -0.05) is 80.9 Å². The van der Waals surface area contributed by atoms with E-state index in [4.69, 9.17) is 4.74 Å². The number of benzene rings is 2. The quantitative estimate of drug-likeness (QED) is 0.471. The Labute approximate surface area is 189 Å². The number of alkyl carbamates (subject to hydrolysis) is 1. The number of aliphatic hydroxyl groups is 1. The highest BCUT2D eigenvalue weighted by Crippen LogP contribution is 2.11. The van der Waals surface area contributed by atoms with Crippen molar-refractivity contribution < 1.29 is 24.2 Å². The predicted molar refractivity (Wildman–Crippen MR) is 122 cm³/mol.